The number of hydrogen-bond donors (Lipinski definition) is 1. The van der Waals surface area contributed by atoms with Gasteiger partial charge in [-0.3, -0.25) is 9.88 Å². The average Bonchev–Trinajstić information content (AvgIpc) is 2.61. The Balaban J connectivity index is 1.42. The molecule has 4 atom stereocenters. The van der Waals surface area contributed by atoms with Crippen LogP contribution in [-0.2, 0) is 6.42 Å². The first kappa shape index (κ1) is 15.1. The van der Waals surface area contributed by atoms with E-state index in [4.69, 9.17) is 4.98 Å². The van der Waals surface area contributed by atoms with E-state index in [1.165, 1.54) is 36.9 Å². The number of piperidine rings is 1. The maximum atomic E-state index is 4.70. The molecule has 0 radical (unpaired) electrons. The smallest absolute Gasteiger partial charge is 0.0607 e. The van der Waals surface area contributed by atoms with Crippen molar-refractivity contribution in [1.82, 2.24) is 15.2 Å². The molecule has 1 fully saturated rings. The van der Waals surface area contributed by atoms with Gasteiger partial charge in [0, 0.05) is 25.3 Å². The van der Waals surface area contributed by atoms with Crippen molar-refractivity contribution < 1.29 is 0 Å². The van der Waals surface area contributed by atoms with Gasteiger partial charge in [0.15, 0.2) is 0 Å². The molecule has 1 aromatic heterocycles. The van der Waals surface area contributed by atoms with Gasteiger partial charge in [-0.2, -0.15) is 0 Å². The molecule has 1 N–H and O–H groups in total. The fourth-order valence-corrected chi connectivity index (χ4v) is 4.51. The SMILES string of the molecule is CN(CC1CC2C=CC=CC2CN1)[C@H]1CCCc2cccnc21. The number of pyridine rings is 1. The van der Waals surface area contributed by atoms with Gasteiger partial charge in [-0.1, -0.05) is 30.4 Å². The van der Waals surface area contributed by atoms with Gasteiger partial charge in [0.05, 0.1) is 11.7 Å². The summed E-state index contributed by atoms with van der Waals surface area (Å²) in [6.07, 6.45) is 16.1. The van der Waals surface area contributed by atoms with Crippen LogP contribution in [0.2, 0.25) is 0 Å². The summed E-state index contributed by atoms with van der Waals surface area (Å²) in [6, 6.07) is 5.41. The second-order valence-electron chi connectivity index (χ2n) is 7.33. The monoisotopic (exact) mass is 309 g/mol. The summed E-state index contributed by atoms with van der Waals surface area (Å²) in [5, 5.41) is 3.77. The minimum Gasteiger partial charge on any atom is -0.312 e. The average molecular weight is 309 g/mol. The van der Waals surface area contributed by atoms with E-state index in [1.54, 1.807) is 0 Å². The molecule has 0 amide bonds. The molecule has 1 aliphatic heterocycles. The summed E-state index contributed by atoms with van der Waals surface area (Å²) < 4.78 is 0. The maximum absolute atomic E-state index is 4.70. The van der Waals surface area contributed by atoms with Crippen molar-refractivity contribution in [1.29, 1.82) is 0 Å². The van der Waals surface area contributed by atoms with Crippen LogP contribution in [0.5, 0.6) is 0 Å². The van der Waals surface area contributed by atoms with E-state index in [-0.39, 0.29) is 0 Å². The summed E-state index contributed by atoms with van der Waals surface area (Å²) in [5.41, 5.74) is 2.77. The van der Waals surface area contributed by atoms with Crippen molar-refractivity contribution in [3.8, 4) is 0 Å². The topological polar surface area (TPSA) is 28.2 Å². The number of nitrogens with zero attached hydrogens (tertiary/aromatic N) is 2. The van der Waals surface area contributed by atoms with Gasteiger partial charge >= 0.3 is 0 Å². The molecule has 4 rings (SSSR count). The normalized spacial score (nSPS) is 32.6. The Bertz CT molecular complexity index is 607. The van der Waals surface area contributed by atoms with Crippen LogP contribution in [-0.4, -0.2) is 36.1 Å². The Morgan fingerprint density at radius 3 is 3.04 bits per heavy atom. The Labute approximate surface area is 139 Å². The minimum absolute atomic E-state index is 0.487. The van der Waals surface area contributed by atoms with Gasteiger partial charge in [0.2, 0.25) is 0 Å². The van der Waals surface area contributed by atoms with Gasteiger partial charge < -0.3 is 5.32 Å². The van der Waals surface area contributed by atoms with Crippen LogP contribution in [0.1, 0.15) is 36.6 Å². The number of nitrogens with one attached hydrogen (secondary N) is 1. The van der Waals surface area contributed by atoms with Crippen LogP contribution in [0, 0.1) is 11.8 Å². The van der Waals surface area contributed by atoms with E-state index in [2.05, 4.69) is 53.7 Å². The lowest BCUT2D eigenvalue weighted by molar-refractivity contribution is 0.166. The summed E-state index contributed by atoms with van der Waals surface area (Å²) >= 11 is 0. The molecule has 3 heteroatoms. The minimum atomic E-state index is 0.487. The molecule has 23 heavy (non-hydrogen) atoms. The molecule has 0 aromatic carbocycles. The first-order valence-corrected chi connectivity index (χ1v) is 9.03. The van der Waals surface area contributed by atoms with Gasteiger partial charge in [0.25, 0.3) is 0 Å². The van der Waals surface area contributed by atoms with E-state index in [1.807, 2.05) is 6.20 Å². The molecular formula is C20H27N3. The van der Waals surface area contributed by atoms with Gasteiger partial charge in [-0.05, 0) is 56.2 Å². The summed E-state index contributed by atoms with van der Waals surface area (Å²) in [5.74, 6) is 1.41. The van der Waals surface area contributed by atoms with E-state index in [0.717, 1.165) is 19.0 Å². The second-order valence-corrected chi connectivity index (χ2v) is 7.33. The molecule has 3 aliphatic rings. The van der Waals surface area contributed by atoms with Gasteiger partial charge in [-0.25, -0.2) is 0 Å². The molecule has 3 unspecified atom stereocenters. The van der Waals surface area contributed by atoms with Crippen molar-refractivity contribution in [2.24, 2.45) is 11.8 Å². The van der Waals surface area contributed by atoms with Gasteiger partial charge in [0.1, 0.15) is 0 Å². The van der Waals surface area contributed by atoms with Crippen LogP contribution in [0.15, 0.2) is 42.6 Å². The molecule has 1 saturated heterocycles. The fraction of sp³-hybridized carbons (Fsp3) is 0.550. The van der Waals surface area contributed by atoms with Crippen molar-refractivity contribution in [3.63, 3.8) is 0 Å². The lowest BCUT2D eigenvalue weighted by atomic mass is 9.80. The number of hydrogen-bond acceptors (Lipinski definition) is 3. The molecule has 1 aromatic rings. The lowest BCUT2D eigenvalue weighted by Crippen LogP contribution is -2.49. The highest BCUT2D eigenvalue weighted by molar-refractivity contribution is 5.25. The highest BCUT2D eigenvalue weighted by atomic mass is 15.2. The molecule has 0 bridgehead atoms. The van der Waals surface area contributed by atoms with E-state index < -0.39 is 0 Å². The molecule has 122 valence electrons. The Kier molecular flexibility index (Phi) is 4.32. The van der Waals surface area contributed by atoms with Crippen molar-refractivity contribution in [2.45, 2.75) is 37.8 Å². The zero-order valence-corrected chi connectivity index (χ0v) is 14.0. The number of fused-ring (bicyclic) bond motifs is 2. The fourth-order valence-electron chi connectivity index (χ4n) is 4.51. The highest BCUT2D eigenvalue weighted by Gasteiger charge is 2.31. The standard InChI is InChI=1S/C20H27N3/c1-23(19-10-4-8-15-9-5-11-21-20(15)19)14-18-12-16-6-2-3-7-17(16)13-22-18/h2-3,5-7,9,11,16-19,22H,4,8,10,12-14H2,1H3/t16?,17?,18?,19-/m0/s1. The third kappa shape index (κ3) is 3.13. The predicted molar refractivity (Wildman–Crippen MR) is 94.2 cm³/mol. The number of aromatic nitrogens is 1. The van der Waals surface area contributed by atoms with Gasteiger partial charge in [-0.15, -0.1) is 0 Å². The van der Waals surface area contributed by atoms with Crippen LogP contribution < -0.4 is 5.32 Å². The van der Waals surface area contributed by atoms with Crippen molar-refractivity contribution in [3.05, 3.63) is 53.9 Å². The number of rotatable bonds is 3. The quantitative estimate of drug-likeness (QED) is 0.930. The lowest BCUT2D eigenvalue weighted by Gasteiger charge is -2.39. The summed E-state index contributed by atoms with van der Waals surface area (Å²) in [4.78, 5) is 7.23. The highest BCUT2D eigenvalue weighted by Crippen LogP contribution is 2.33. The zero-order valence-electron chi connectivity index (χ0n) is 14.0. The number of allylic oxidation sites excluding steroid dienone is 3. The molecule has 0 saturated carbocycles. The molecule has 2 aliphatic carbocycles. The van der Waals surface area contributed by atoms with E-state index in [9.17, 15) is 0 Å². The molecule has 2 heterocycles. The van der Waals surface area contributed by atoms with Crippen LogP contribution >= 0.6 is 0 Å². The number of likely N-dealkylation sites (N-methyl/N-ethyl adjacent to an activating group) is 1. The number of aryl methyl sites for hydroxylation is 1. The van der Waals surface area contributed by atoms with Crippen LogP contribution in [0.25, 0.3) is 0 Å². The predicted octanol–water partition coefficient (Wildman–Crippen LogP) is 3.11. The van der Waals surface area contributed by atoms with Crippen LogP contribution in [0.4, 0.5) is 0 Å². The third-order valence-electron chi connectivity index (χ3n) is 5.78. The van der Waals surface area contributed by atoms with Crippen molar-refractivity contribution in [2.75, 3.05) is 20.1 Å². The van der Waals surface area contributed by atoms with Crippen LogP contribution in [0.3, 0.4) is 0 Å². The van der Waals surface area contributed by atoms with E-state index >= 15 is 0 Å². The Morgan fingerprint density at radius 2 is 2.13 bits per heavy atom. The summed E-state index contributed by atoms with van der Waals surface area (Å²) in [6.45, 7) is 2.23. The van der Waals surface area contributed by atoms with E-state index in [0.29, 0.717) is 18.0 Å². The molecule has 3 nitrogen and oxygen atoms in total. The Morgan fingerprint density at radius 1 is 1.26 bits per heavy atom. The maximum Gasteiger partial charge on any atom is 0.0607 e. The molecular weight excluding hydrogens is 282 g/mol. The summed E-state index contributed by atoms with van der Waals surface area (Å²) in [7, 11) is 2.28. The first-order chi connectivity index (χ1) is 11.3. The Hall–Kier alpha value is -1.45. The third-order valence-corrected chi connectivity index (χ3v) is 5.78. The molecule has 0 spiro atoms. The second kappa shape index (κ2) is 6.58. The largest absolute Gasteiger partial charge is 0.312 e. The first-order valence-electron chi connectivity index (χ1n) is 9.03. The zero-order chi connectivity index (χ0) is 15.6. The van der Waals surface area contributed by atoms with Crippen molar-refractivity contribution >= 4 is 0 Å².